The minimum Gasteiger partial charge on any atom is -0.325 e. The first-order valence-corrected chi connectivity index (χ1v) is 5.93. The highest BCUT2D eigenvalue weighted by atomic mass is 19.1. The Bertz CT molecular complexity index is 394. The van der Waals surface area contributed by atoms with Gasteiger partial charge < -0.3 is 5.32 Å². The van der Waals surface area contributed by atoms with E-state index in [0.29, 0.717) is 12.2 Å². The lowest BCUT2D eigenvalue weighted by Crippen LogP contribution is -2.30. The maximum atomic E-state index is 13.1. The van der Waals surface area contributed by atoms with Gasteiger partial charge in [-0.15, -0.1) is 0 Å². The van der Waals surface area contributed by atoms with E-state index in [4.69, 9.17) is 0 Å². The molecule has 3 nitrogen and oxygen atoms in total. The van der Waals surface area contributed by atoms with Crippen molar-refractivity contribution in [3.8, 4) is 0 Å². The van der Waals surface area contributed by atoms with Crippen molar-refractivity contribution < 1.29 is 9.18 Å². The quantitative estimate of drug-likeness (QED) is 0.872. The zero-order chi connectivity index (χ0) is 12.3. The number of carbonyl (C=O) groups excluding carboxylic acids is 1. The molecule has 17 heavy (non-hydrogen) atoms. The second kappa shape index (κ2) is 5.27. The first-order chi connectivity index (χ1) is 8.13. The Hall–Kier alpha value is -1.42. The molecule has 4 heteroatoms. The summed E-state index contributed by atoms with van der Waals surface area (Å²) in [5, 5.41) is 2.73. The molecule has 0 saturated carbocycles. The van der Waals surface area contributed by atoms with Gasteiger partial charge in [-0.3, -0.25) is 9.69 Å². The van der Waals surface area contributed by atoms with Crippen LogP contribution in [0.25, 0.3) is 0 Å². The zero-order valence-corrected chi connectivity index (χ0v) is 10.0. The van der Waals surface area contributed by atoms with E-state index >= 15 is 0 Å². The number of hydrogen-bond acceptors (Lipinski definition) is 2. The van der Waals surface area contributed by atoms with Crippen molar-refractivity contribution in [1.82, 2.24) is 4.90 Å². The van der Waals surface area contributed by atoms with Crippen LogP contribution in [0.1, 0.15) is 18.4 Å². The molecule has 1 N–H and O–H groups in total. The fourth-order valence-electron chi connectivity index (χ4n) is 2.15. The molecule has 0 spiro atoms. The number of amides is 1. The molecule has 0 unspecified atom stereocenters. The average Bonchev–Trinajstić information content (AvgIpc) is 2.67. The molecule has 92 valence electrons. The molecule has 0 aromatic heterocycles. The van der Waals surface area contributed by atoms with E-state index in [1.807, 2.05) is 0 Å². The van der Waals surface area contributed by atoms with Crippen LogP contribution in [0.4, 0.5) is 10.1 Å². The van der Waals surface area contributed by atoms with Crippen molar-refractivity contribution in [2.45, 2.75) is 19.8 Å². The average molecular weight is 236 g/mol. The van der Waals surface area contributed by atoms with Crippen molar-refractivity contribution in [2.24, 2.45) is 0 Å². The van der Waals surface area contributed by atoms with E-state index in [0.717, 1.165) is 31.5 Å². The smallest absolute Gasteiger partial charge is 0.238 e. The van der Waals surface area contributed by atoms with Gasteiger partial charge in [0.05, 0.1) is 6.54 Å². The van der Waals surface area contributed by atoms with Crippen LogP contribution < -0.4 is 5.32 Å². The van der Waals surface area contributed by atoms with Crippen LogP contribution in [0.15, 0.2) is 18.2 Å². The van der Waals surface area contributed by atoms with Gasteiger partial charge >= 0.3 is 0 Å². The molecule has 1 heterocycles. The Kier molecular flexibility index (Phi) is 3.74. The van der Waals surface area contributed by atoms with Gasteiger partial charge in [0.2, 0.25) is 5.91 Å². The van der Waals surface area contributed by atoms with Crippen LogP contribution in [0.2, 0.25) is 0 Å². The van der Waals surface area contributed by atoms with Gasteiger partial charge in [0.15, 0.2) is 0 Å². The van der Waals surface area contributed by atoms with E-state index < -0.39 is 0 Å². The van der Waals surface area contributed by atoms with Gasteiger partial charge in [-0.25, -0.2) is 4.39 Å². The number of likely N-dealkylation sites (tertiary alicyclic amines) is 1. The highest BCUT2D eigenvalue weighted by Crippen LogP contribution is 2.13. The monoisotopic (exact) mass is 236 g/mol. The van der Waals surface area contributed by atoms with Gasteiger partial charge in [-0.1, -0.05) is 0 Å². The lowest BCUT2D eigenvalue weighted by Gasteiger charge is -2.14. The third-order valence-corrected chi connectivity index (χ3v) is 2.89. The summed E-state index contributed by atoms with van der Waals surface area (Å²) in [4.78, 5) is 13.8. The second-order valence-corrected chi connectivity index (χ2v) is 4.55. The normalized spacial score (nSPS) is 16.1. The molecule has 1 fully saturated rings. The number of nitrogens with zero attached hydrogens (tertiary/aromatic N) is 1. The molecule has 1 aromatic rings. The highest BCUT2D eigenvalue weighted by molar-refractivity contribution is 5.92. The van der Waals surface area contributed by atoms with Crippen molar-refractivity contribution in [3.05, 3.63) is 29.6 Å². The molecule has 1 amide bonds. The second-order valence-electron chi connectivity index (χ2n) is 4.55. The third-order valence-electron chi connectivity index (χ3n) is 2.89. The lowest BCUT2D eigenvalue weighted by atomic mass is 10.2. The Morgan fingerprint density at radius 2 is 2.06 bits per heavy atom. The molecule has 0 bridgehead atoms. The molecular formula is C13H17FN2O. The number of carbonyl (C=O) groups is 1. The number of aryl methyl sites for hydroxylation is 1. The Morgan fingerprint density at radius 1 is 1.35 bits per heavy atom. The molecule has 0 atom stereocenters. The predicted octanol–water partition coefficient (Wildman–Crippen LogP) is 2.17. The summed E-state index contributed by atoms with van der Waals surface area (Å²) in [6.07, 6.45) is 2.32. The highest BCUT2D eigenvalue weighted by Gasteiger charge is 2.15. The van der Waals surface area contributed by atoms with Crippen molar-refractivity contribution in [3.63, 3.8) is 0 Å². The largest absolute Gasteiger partial charge is 0.325 e. The van der Waals surface area contributed by atoms with Crippen LogP contribution in [0, 0.1) is 12.7 Å². The summed E-state index contributed by atoms with van der Waals surface area (Å²) < 4.78 is 13.1. The standard InChI is InChI=1S/C13H17FN2O/c1-10-6-11(14)8-12(7-10)15-13(17)9-16-4-2-3-5-16/h6-8H,2-5,9H2,1H3,(H,15,17). The molecule has 2 rings (SSSR count). The first kappa shape index (κ1) is 12.0. The molecule has 1 saturated heterocycles. The van der Waals surface area contributed by atoms with Crippen molar-refractivity contribution >= 4 is 11.6 Å². The van der Waals surface area contributed by atoms with Gasteiger partial charge in [0, 0.05) is 5.69 Å². The molecule has 1 aliphatic heterocycles. The summed E-state index contributed by atoms with van der Waals surface area (Å²) in [5.41, 5.74) is 1.34. The summed E-state index contributed by atoms with van der Waals surface area (Å²) >= 11 is 0. The maximum absolute atomic E-state index is 13.1. The molecule has 1 aromatic carbocycles. The van der Waals surface area contributed by atoms with E-state index in [-0.39, 0.29) is 11.7 Å². The Balaban J connectivity index is 1.92. The van der Waals surface area contributed by atoms with Gasteiger partial charge in [-0.05, 0) is 56.6 Å². The number of nitrogens with one attached hydrogen (secondary N) is 1. The van der Waals surface area contributed by atoms with Crippen LogP contribution >= 0.6 is 0 Å². The third kappa shape index (κ3) is 3.53. The fraction of sp³-hybridized carbons (Fsp3) is 0.462. The molecule has 0 aliphatic carbocycles. The summed E-state index contributed by atoms with van der Waals surface area (Å²) in [6, 6.07) is 4.55. The Morgan fingerprint density at radius 3 is 2.71 bits per heavy atom. The number of hydrogen-bond donors (Lipinski definition) is 1. The summed E-state index contributed by atoms with van der Waals surface area (Å²) in [5.74, 6) is -0.390. The topological polar surface area (TPSA) is 32.3 Å². The van der Waals surface area contributed by atoms with Gasteiger partial charge in [-0.2, -0.15) is 0 Å². The van der Waals surface area contributed by atoms with Crippen molar-refractivity contribution in [1.29, 1.82) is 0 Å². The number of anilines is 1. The fourth-order valence-corrected chi connectivity index (χ4v) is 2.15. The van der Waals surface area contributed by atoms with Crippen LogP contribution in [-0.2, 0) is 4.79 Å². The van der Waals surface area contributed by atoms with Crippen molar-refractivity contribution in [2.75, 3.05) is 25.0 Å². The molecule has 0 radical (unpaired) electrons. The van der Waals surface area contributed by atoms with E-state index in [1.165, 1.54) is 12.1 Å². The maximum Gasteiger partial charge on any atom is 0.238 e. The molecule has 1 aliphatic rings. The van der Waals surface area contributed by atoms with Crippen LogP contribution in [-0.4, -0.2) is 30.4 Å². The summed E-state index contributed by atoms with van der Waals surface area (Å²) in [6.45, 7) is 4.17. The van der Waals surface area contributed by atoms with Crippen LogP contribution in [0.3, 0.4) is 0 Å². The minimum absolute atomic E-state index is 0.0723. The predicted molar refractivity (Wildman–Crippen MR) is 65.4 cm³/mol. The van der Waals surface area contributed by atoms with E-state index in [2.05, 4.69) is 10.2 Å². The Labute approximate surface area is 101 Å². The van der Waals surface area contributed by atoms with Gasteiger partial charge in [0.1, 0.15) is 5.82 Å². The molecular weight excluding hydrogens is 219 g/mol. The number of benzene rings is 1. The first-order valence-electron chi connectivity index (χ1n) is 5.93. The summed E-state index contributed by atoms with van der Waals surface area (Å²) in [7, 11) is 0. The number of halogens is 1. The lowest BCUT2D eigenvalue weighted by molar-refractivity contribution is -0.117. The zero-order valence-electron chi connectivity index (χ0n) is 10.0. The minimum atomic E-state index is -0.318. The van der Waals surface area contributed by atoms with Crippen LogP contribution in [0.5, 0.6) is 0 Å². The van der Waals surface area contributed by atoms with Gasteiger partial charge in [0.25, 0.3) is 0 Å². The number of rotatable bonds is 3. The van der Waals surface area contributed by atoms with E-state index in [9.17, 15) is 9.18 Å². The van der Waals surface area contributed by atoms with E-state index in [1.54, 1.807) is 13.0 Å². The SMILES string of the molecule is Cc1cc(F)cc(NC(=O)CN2CCCC2)c1.